The second-order valence-corrected chi connectivity index (χ2v) is 4.97. The number of anilines is 2. The van der Waals surface area contributed by atoms with Gasteiger partial charge >= 0.3 is 0 Å². The van der Waals surface area contributed by atoms with Crippen molar-refractivity contribution in [1.82, 2.24) is 0 Å². The van der Waals surface area contributed by atoms with Gasteiger partial charge in [0, 0.05) is 17.6 Å². The van der Waals surface area contributed by atoms with Gasteiger partial charge in [0.25, 0.3) is 5.91 Å². The van der Waals surface area contributed by atoms with Gasteiger partial charge in [0.1, 0.15) is 5.75 Å². The third-order valence-electron chi connectivity index (χ3n) is 3.43. The molecule has 1 fully saturated rings. The van der Waals surface area contributed by atoms with Crippen molar-refractivity contribution >= 4 is 23.2 Å². The number of fused-ring (bicyclic) bond motifs is 1. The van der Waals surface area contributed by atoms with Crippen molar-refractivity contribution in [2.75, 3.05) is 17.2 Å². The monoisotopic (exact) mass is 261 g/mol. The molecule has 1 aromatic carbocycles. The van der Waals surface area contributed by atoms with E-state index in [1.54, 1.807) is 18.2 Å². The Bertz CT molecular complexity index is 538. The molecule has 0 atom stereocenters. The normalized spacial score (nSPS) is 24.6. The number of hydrogen-bond donors (Lipinski definition) is 3. The summed E-state index contributed by atoms with van der Waals surface area (Å²) in [5, 5.41) is 5.53. The van der Waals surface area contributed by atoms with E-state index in [1.165, 1.54) is 0 Å². The number of benzene rings is 1. The molecule has 100 valence electrons. The molecule has 1 saturated carbocycles. The van der Waals surface area contributed by atoms with Gasteiger partial charge in [-0.1, -0.05) is 0 Å². The molecule has 0 spiro atoms. The van der Waals surface area contributed by atoms with Crippen LogP contribution in [0.4, 0.5) is 11.4 Å². The maximum atomic E-state index is 11.9. The number of nitrogens with one attached hydrogen (secondary N) is 2. The highest BCUT2D eigenvalue weighted by Gasteiger charge is 2.32. The minimum Gasteiger partial charge on any atom is -0.482 e. The SMILES string of the molecule is NC1CC(C(=O)Nc2ccc3c(c2)NC(=O)CO3)C1. The molecule has 0 unspecified atom stereocenters. The summed E-state index contributed by atoms with van der Waals surface area (Å²) >= 11 is 0. The smallest absolute Gasteiger partial charge is 0.262 e. The number of carbonyl (C=O) groups is 2. The van der Waals surface area contributed by atoms with Gasteiger partial charge in [0.05, 0.1) is 5.69 Å². The summed E-state index contributed by atoms with van der Waals surface area (Å²) in [5.74, 6) is 0.394. The van der Waals surface area contributed by atoms with E-state index in [1.807, 2.05) is 0 Å². The Balaban J connectivity index is 1.70. The minimum absolute atomic E-state index is 0.00289. The van der Waals surface area contributed by atoms with E-state index in [4.69, 9.17) is 10.5 Å². The Hall–Kier alpha value is -2.08. The predicted octanol–water partition coefficient (Wildman–Crippen LogP) is 0.693. The van der Waals surface area contributed by atoms with Gasteiger partial charge in [-0.05, 0) is 31.0 Å². The number of hydrogen-bond acceptors (Lipinski definition) is 4. The first-order chi connectivity index (χ1) is 9.11. The van der Waals surface area contributed by atoms with Crippen molar-refractivity contribution in [2.45, 2.75) is 18.9 Å². The van der Waals surface area contributed by atoms with Crippen molar-refractivity contribution in [3.05, 3.63) is 18.2 Å². The summed E-state index contributed by atoms with van der Waals surface area (Å²) in [6.07, 6.45) is 1.47. The highest BCUT2D eigenvalue weighted by molar-refractivity contribution is 5.98. The summed E-state index contributed by atoms with van der Waals surface area (Å²) in [5.41, 5.74) is 6.89. The summed E-state index contributed by atoms with van der Waals surface area (Å²) < 4.78 is 5.25. The van der Waals surface area contributed by atoms with Crippen LogP contribution in [0.1, 0.15) is 12.8 Å². The maximum absolute atomic E-state index is 11.9. The lowest BCUT2D eigenvalue weighted by molar-refractivity contribution is -0.122. The number of ether oxygens (including phenoxy) is 1. The third-order valence-corrected chi connectivity index (χ3v) is 3.43. The highest BCUT2D eigenvalue weighted by atomic mass is 16.5. The standard InChI is InChI=1S/C13H15N3O3/c14-8-3-7(4-8)13(18)15-9-1-2-11-10(5-9)16-12(17)6-19-11/h1-2,5,7-8H,3-4,6,14H2,(H,15,18)(H,16,17). The maximum Gasteiger partial charge on any atom is 0.262 e. The molecule has 1 heterocycles. The first-order valence-corrected chi connectivity index (χ1v) is 6.25. The first kappa shape index (κ1) is 12.0. The molecular weight excluding hydrogens is 246 g/mol. The van der Waals surface area contributed by atoms with Crippen LogP contribution in [0.2, 0.25) is 0 Å². The predicted molar refractivity (Wildman–Crippen MR) is 69.9 cm³/mol. The summed E-state index contributed by atoms with van der Waals surface area (Å²) in [4.78, 5) is 23.1. The zero-order valence-corrected chi connectivity index (χ0v) is 10.3. The Morgan fingerprint density at radius 2 is 2.21 bits per heavy atom. The van der Waals surface area contributed by atoms with Crippen LogP contribution in [0.15, 0.2) is 18.2 Å². The largest absolute Gasteiger partial charge is 0.482 e. The van der Waals surface area contributed by atoms with Gasteiger partial charge in [-0.15, -0.1) is 0 Å². The van der Waals surface area contributed by atoms with Crippen LogP contribution in [-0.4, -0.2) is 24.5 Å². The molecule has 1 aromatic rings. The molecule has 1 aliphatic heterocycles. The molecule has 4 N–H and O–H groups in total. The molecule has 2 amide bonds. The molecule has 0 aromatic heterocycles. The van der Waals surface area contributed by atoms with Crippen LogP contribution in [0.5, 0.6) is 5.75 Å². The number of rotatable bonds is 2. The number of carbonyl (C=O) groups excluding carboxylic acids is 2. The van der Waals surface area contributed by atoms with Crippen molar-refractivity contribution in [2.24, 2.45) is 11.7 Å². The van der Waals surface area contributed by atoms with Crippen LogP contribution >= 0.6 is 0 Å². The van der Waals surface area contributed by atoms with Crippen molar-refractivity contribution in [3.8, 4) is 5.75 Å². The van der Waals surface area contributed by atoms with Crippen molar-refractivity contribution < 1.29 is 14.3 Å². The number of nitrogens with two attached hydrogens (primary N) is 1. The molecule has 0 bridgehead atoms. The van der Waals surface area contributed by atoms with E-state index in [0.717, 1.165) is 12.8 Å². The molecule has 6 heteroatoms. The van der Waals surface area contributed by atoms with Crippen LogP contribution < -0.4 is 21.1 Å². The van der Waals surface area contributed by atoms with E-state index in [2.05, 4.69) is 10.6 Å². The zero-order chi connectivity index (χ0) is 13.4. The average molecular weight is 261 g/mol. The van der Waals surface area contributed by atoms with Crippen LogP contribution in [0, 0.1) is 5.92 Å². The van der Waals surface area contributed by atoms with Crippen LogP contribution in [-0.2, 0) is 9.59 Å². The van der Waals surface area contributed by atoms with Gasteiger partial charge in [0.15, 0.2) is 6.61 Å². The lowest BCUT2D eigenvalue weighted by Gasteiger charge is -2.31. The minimum atomic E-state index is -0.194. The third kappa shape index (κ3) is 2.39. The second-order valence-electron chi connectivity index (χ2n) is 4.97. The van der Waals surface area contributed by atoms with Gasteiger partial charge in [-0.2, -0.15) is 0 Å². The van der Waals surface area contributed by atoms with Gasteiger partial charge in [0.2, 0.25) is 5.91 Å². The summed E-state index contributed by atoms with van der Waals surface area (Å²) in [6, 6.07) is 5.33. The van der Waals surface area contributed by atoms with Gasteiger partial charge < -0.3 is 21.1 Å². The summed E-state index contributed by atoms with van der Waals surface area (Å²) in [7, 11) is 0. The zero-order valence-electron chi connectivity index (χ0n) is 10.3. The molecule has 1 aliphatic carbocycles. The molecule has 2 aliphatic rings. The fourth-order valence-electron chi connectivity index (χ4n) is 2.28. The Kier molecular flexibility index (Phi) is 2.87. The quantitative estimate of drug-likeness (QED) is 0.730. The topological polar surface area (TPSA) is 93.5 Å². The van der Waals surface area contributed by atoms with Gasteiger partial charge in [-0.25, -0.2) is 0 Å². The van der Waals surface area contributed by atoms with E-state index < -0.39 is 0 Å². The van der Waals surface area contributed by atoms with E-state index in [0.29, 0.717) is 17.1 Å². The Morgan fingerprint density at radius 1 is 1.42 bits per heavy atom. The Morgan fingerprint density at radius 3 is 2.95 bits per heavy atom. The van der Waals surface area contributed by atoms with Crippen LogP contribution in [0.25, 0.3) is 0 Å². The second kappa shape index (κ2) is 4.55. The van der Waals surface area contributed by atoms with Crippen molar-refractivity contribution in [1.29, 1.82) is 0 Å². The fraction of sp³-hybridized carbons (Fsp3) is 0.385. The average Bonchev–Trinajstić information content (AvgIpc) is 2.34. The summed E-state index contributed by atoms with van der Waals surface area (Å²) in [6.45, 7) is 0.0265. The van der Waals surface area contributed by atoms with E-state index >= 15 is 0 Å². The molecule has 0 radical (unpaired) electrons. The fourth-order valence-corrected chi connectivity index (χ4v) is 2.28. The molecule has 19 heavy (non-hydrogen) atoms. The molecular formula is C13H15N3O3. The first-order valence-electron chi connectivity index (χ1n) is 6.25. The van der Waals surface area contributed by atoms with Crippen molar-refractivity contribution in [3.63, 3.8) is 0 Å². The molecule has 0 saturated heterocycles. The van der Waals surface area contributed by atoms with E-state index in [9.17, 15) is 9.59 Å². The lowest BCUT2D eigenvalue weighted by Crippen LogP contribution is -2.42. The molecule has 6 nitrogen and oxygen atoms in total. The lowest BCUT2D eigenvalue weighted by atomic mass is 9.80. The number of amides is 2. The Labute approximate surface area is 110 Å². The molecule has 3 rings (SSSR count). The van der Waals surface area contributed by atoms with Gasteiger partial charge in [-0.3, -0.25) is 9.59 Å². The van der Waals surface area contributed by atoms with E-state index in [-0.39, 0.29) is 30.4 Å². The highest BCUT2D eigenvalue weighted by Crippen LogP contribution is 2.32. The van der Waals surface area contributed by atoms with Crippen LogP contribution in [0.3, 0.4) is 0 Å².